The van der Waals surface area contributed by atoms with Gasteiger partial charge in [-0.1, -0.05) is 40.9 Å². The first-order valence-electron chi connectivity index (χ1n) is 7.48. The molecule has 0 aromatic heterocycles. The number of nitriles is 1. The summed E-state index contributed by atoms with van der Waals surface area (Å²) in [6.45, 7) is 0.671. The molecule has 4 nitrogen and oxygen atoms in total. The van der Waals surface area contributed by atoms with Gasteiger partial charge in [-0.05, 0) is 42.3 Å². The van der Waals surface area contributed by atoms with Crippen LogP contribution in [0.1, 0.15) is 17.5 Å². The molecule has 0 aliphatic heterocycles. The zero-order chi connectivity index (χ0) is 18.2. The topological polar surface area (TPSA) is 62.1 Å². The summed E-state index contributed by atoms with van der Waals surface area (Å²) in [4.78, 5) is 11.3. The van der Waals surface area contributed by atoms with Crippen LogP contribution >= 0.6 is 34.8 Å². The first kappa shape index (κ1) is 19.4. The highest BCUT2D eigenvalue weighted by Crippen LogP contribution is 2.26. The number of rotatable bonds is 7. The molecule has 1 N–H and O–H groups in total. The van der Waals surface area contributed by atoms with Crippen molar-refractivity contribution in [3.8, 4) is 11.8 Å². The molecule has 0 aliphatic carbocycles. The molecule has 2 aromatic rings. The lowest BCUT2D eigenvalue weighted by Gasteiger charge is -2.13. The Balaban J connectivity index is 2.02. The second kappa shape index (κ2) is 9.53. The first-order valence-corrected chi connectivity index (χ1v) is 8.62. The average molecular weight is 398 g/mol. The zero-order valence-electron chi connectivity index (χ0n) is 13.2. The summed E-state index contributed by atoms with van der Waals surface area (Å²) in [6.07, 6.45) is 0.370. The van der Waals surface area contributed by atoms with E-state index in [9.17, 15) is 4.79 Å². The van der Waals surface area contributed by atoms with Gasteiger partial charge in [0.15, 0.2) is 0 Å². The number of hydrogen-bond acceptors (Lipinski definition) is 3. The molecule has 0 unspecified atom stereocenters. The van der Waals surface area contributed by atoms with Crippen LogP contribution in [-0.2, 0) is 17.8 Å². The first-order chi connectivity index (χ1) is 12.0. The average Bonchev–Trinajstić information content (AvgIpc) is 2.56. The number of amides is 1. The second-order valence-electron chi connectivity index (χ2n) is 5.21. The van der Waals surface area contributed by atoms with E-state index >= 15 is 0 Å². The fourth-order valence-corrected chi connectivity index (χ4v) is 2.81. The highest BCUT2D eigenvalue weighted by Gasteiger charge is 2.08. The van der Waals surface area contributed by atoms with E-state index in [1.807, 2.05) is 6.07 Å². The standard InChI is InChI=1S/C18H15Cl3N2O2/c19-14-3-4-17(12(9-14)6-8-23-18(24)5-7-22)25-11-13-1-2-15(20)10-16(13)21/h1-4,9-10H,5-6,8,11H2,(H,23,24). The maximum absolute atomic E-state index is 11.3. The Bertz CT molecular complexity index is 803. The minimum absolute atomic E-state index is 0.159. The van der Waals surface area contributed by atoms with Gasteiger partial charge in [0.1, 0.15) is 18.8 Å². The summed E-state index contributed by atoms with van der Waals surface area (Å²) < 4.78 is 5.85. The van der Waals surface area contributed by atoms with Crippen LogP contribution in [0.15, 0.2) is 36.4 Å². The fraction of sp³-hybridized carbons (Fsp3) is 0.222. The van der Waals surface area contributed by atoms with Crippen molar-refractivity contribution in [3.63, 3.8) is 0 Å². The highest BCUT2D eigenvalue weighted by molar-refractivity contribution is 6.35. The van der Waals surface area contributed by atoms with Gasteiger partial charge in [-0.2, -0.15) is 5.26 Å². The van der Waals surface area contributed by atoms with Gasteiger partial charge in [0.2, 0.25) is 5.91 Å². The molecule has 0 saturated carbocycles. The lowest BCUT2D eigenvalue weighted by atomic mass is 10.1. The van der Waals surface area contributed by atoms with E-state index in [4.69, 9.17) is 44.8 Å². The number of ether oxygens (including phenoxy) is 1. The van der Waals surface area contributed by atoms with Crippen LogP contribution in [-0.4, -0.2) is 12.5 Å². The van der Waals surface area contributed by atoms with Gasteiger partial charge >= 0.3 is 0 Å². The summed E-state index contributed by atoms with van der Waals surface area (Å²) in [5.41, 5.74) is 1.67. The van der Waals surface area contributed by atoms with Crippen LogP contribution in [0.3, 0.4) is 0 Å². The molecule has 0 fully saturated rings. The fourth-order valence-electron chi connectivity index (χ4n) is 2.15. The Morgan fingerprint density at radius 1 is 1.08 bits per heavy atom. The van der Waals surface area contributed by atoms with Crippen LogP contribution in [0, 0.1) is 11.3 Å². The van der Waals surface area contributed by atoms with Crippen molar-refractivity contribution in [1.29, 1.82) is 5.26 Å². The van der Waals surface area contributed by atoms with Gasteiger partial charge in [0.25, 0.3) is 0 Å². The summed E-state index contributed by atoms with van der Waals surface area (Å²) >= 11 is 18.1. The van der Waals surface area contributed by atoms with Gasteiger partial charge in [-0.25, -0.2) is 0 Å². The normalized spacial score (nSPS) is 10.2. The van der Waals surface area contributed by atoms with Crippen LogP contribution in [0.2, 0.25) is 15.1 Å². The van der Waals surface area contributed by atoms with E-state index in [0.717, 1.165) is 11.1 Å². The number of benzene rings is 2. The van der Waals surface area contributed by atoms with Crippen molar-refractivity contribution in [1.82, 2.24) is 5.32 Å². The van der Waals surface area contributed by atoms with E-state index in [-0.39, 0.29) is 18.9 Å². The van der Waals surface area contributed by atoms with Crippen LogP contribution < -0.4 is 10.1 Å². The van der Waals surface area contributed by atoms with Crippen LogP contribution in [0.4, 0.5) is 0 Å². The van der Waals surface area contributed by atoms with Crippen molar-refractivity contribution in [2.45, 2.75) is 19.4 Å². The quantitative estimate of drug-likeness (QED) is 0.730. The Morgan fingerprint density at radius 3 is 2.52 bits per heavy atom. The van der Waals surface area contributed by atoms with Gasteiger partial charge in [0.05, 0.1) is 6.07 Å². The molecule has 1 amide bonds. The second-order valence-corrected chi connectivity index (χ2v) is 6.49. The molecule has 0 heterocycles. The Hall–Kier alpha value is -1.93. The van der Waals surface area contributed by atoms with Crippen molar-refractivity contribution in [3.05, 3.63) is 62.6 Å². The Kier molecular flexibility index (Phi) is 7.39. The number of hydrogen-bond donors (Lipinski definition) is 1. The van der Waals surface area contributed by atoms with Crippen molar-refractivity contribution >= 4 is 40.7 Å². The number of carbonyl (C=O) groups is 1. The van der Waals surface area contributed by atoms with Crippen molar-refractivity contribution in [2.24, 2.45) is 0 Å². The minimum Gasteiger partial charge on any atom is -0.489 e. The molecule has 0 radical (unpaired) electrons. The summed E-state index contributed by atoms with van der Waals surface area (Å²) in [5.74, 6) is 0.352. The molecule has 0 spiro atoms. The number of nitrogens with zero attached hydrogens (tertiary/aromatic N) is 1. The van der Waals surface area contributed by atoms with Gasteiger partial charge in [-0.3, -0.25) is 4.79 Å². The van der Waals surface area contributed by atoms with E-state index in [0.29, 0.717) is 33.8 Å². The van der Waals surface area contributed by atoms with Crippen LogP contribution in [0.5, 0.6) is 5.75 Å². The van der Waals surface area contributed by atoms with E-state index in [1.165, 1.54) is 0 Å². The molecule has 0 atom stereocenters. The van der Waals surface area contributed by atoms with E-state index in [1.54, 1.807) is 36.4 Å². The molecule has 25 heavy (non-hydrogen) atoms. The lowest BCUT2D eigenvalue weighted by molar-refractivity contribution is -0.120. The van der Waals surface area contributed by atoms with Crippen LogP contribution in [0.25, 0.3) is 0 Å². The molecule has 0 saturated heterocycles. The SMILES string of the molecule is N#CCC(=O)NCCc1cc(Cl)ccc1OCc1ccc(Cl)cc1Cl. The minimum atomic E-state index is -0.306. The van der Waals surface area contributed by atoms with Gasteiger partial charge in [-0.15, -0.1) is 0 Å². The maximum atomic E-state index is 11.3. The van der Waals surface area contributed by atoms with Gasteiger partial charge < -0.3 is 10.1 Å². The zero-order valence-corrected chi connectivity index (χ0v) is 15.5. The van der Waals surface area contributed by atoms with Crippen molar-refractivity contribution in [2.75, 3.05) is 6.54 Å². The smallest absolute Gasteiger partial charge is 0.234 e. The predicted octanol–water partition coefficient (Wildman–Crippen LogP) is 4.80. The molecule has 0 bridgehead atoms. The number of halogens is 3. The summed E-state index contributed by atoms with van der Waals surface area (Å²) in [7, 11) is 0. The largest absolute Gasteiger partial charge is 0.489 e. The Morgan fingerprint density at radius 2 is 1.80 bits per heavy atom. The summed E-state index contributed by atoms with van der Waals surface area (Å²) in [6, 6.07) is 12.3. The Labute approximate surface area is 161 Å². The number of carbonyl (C=O) groups excluding carboxylic acids is 1. The van der Waals surface area contributed by atoms with Gasteiger partial charge in [0, 0.05) is 27.2 Å². The molecular formula is C18H15Cl3N2O2. The predicted molar refractivity (Wildman–Crippen MR) is 99.2 cm³/mol. The summed E-state index contributed by atoms with van der Waals surface area (Å²) in [5, 5.41) is 12.8. The number of nitrogens with one attached hydrogen (secondary N) is 1. The molecular weight excluding hydrogens is 383 g/mol. The lowest BCUT2D eigenvalue weighted by Crippen LogP contribution is -2.25. The highest BCUT2D eigenvalue weighted by atomic mass is 35.5. The van der Waals surface area contributed by atoms with Crippen molar-refractivity contribution < 1.29 is 9.53 Å². The molecule has 7 heteroatoms. The molecule has 2 aromatic carbocycles. The van der Waals surface area contributed by atoms with E-state index < -0.39 is 0 Å². The monoisotopic (exact) mass is 396 g/mol. The third-order valence-electron chi connectivity index (χ3n) is 3.38. The third kappa shape index (κ3) is 6.13. The van der Waals surface area contributed by atoms with E-state index in [2.05, 4.69) is 5.32 Å². The molecule has 130 valence electrons. The molecule has 0 aliphatic rings. The third-order valence-corrected chi connectivity index (χ3v) is 4.20. The maximum Gasteiger partial charge on any atom is 0.234 e. The molecule has 2 rings (SSSR count).